The lowest BCUT2D eigenvalue weighted by Gasteiger charge is -2.35. The molecule has 0 fully saturated rings. The Morgan fingerprint density at radius 1 is 0.578 bits per heavy atom. The van der Waals surface area contributed by atoms with Crippen molar-refractivity contribution in [2.24, 2.45) is 0 Å². The van der Waals surface area contributed by atoms with Gasteiger partial charge in [-0.3, -0.25) is 0 Å². The van der Waals surface area contributed by atoms with Crippen LogP contribution in [0.4, 0.5) is 0 Å². The molecule has 45 heavy (non-hydrogen) atoms. The third kappa shape index (κ3) is 6.14. The standard InChI is InChI=1S/C45H54/c1-10-13-27-38-43-39(30(4)5)36(22-11-2)34(12-3)31(6)40(43)42(37-29-21-20-28-35(37)32-23-16-14-17-24-32)41(44(38)45(7,8)9)33-25-18-15-19-26-33/h14-21,23-26,28-30H,10-13,22,27H2,1-9H3. The Bertz CT molecular complexity index is 1760. The quantitative estimate of drug-likeness (QED) is 0.151. The minimum Gasteiger partial charge on any atom is -0.0654 e. The predicted octanol–water partition coefficient (Wildman–Crippen LogP) is 13.4. The first kappa shape index (κ1) is 32.7. The van der Waals surface area contributed by atoms with Gasteiger partial charge in [-0.2, -0.15) is 0 Å². The Kier molecular flexibility index (Phi) is 10.0. The van der Waals surface area contributed by atoms with Gasteiger partial charge in [-0.25, -0.2) is 0 Å². The molecule has 0 saturated heterocycles. The lowest BCUT2D eigenvalue weighted by Crippen LogP contribution is -2.19. The van der Waals surface area contributed by atoms with Crippen LogP contribution in [-0.2, 0) is 24.7 Å². The van der Waals surface area contributed by atoms with Crippen molar-refractivity contribution in [3.05, 3.63) is 118 Å². The van der Waals surface area contributed by atoms with Gasteiger partial charge in [-0.15, -0.1) is 0 Å². The average Bonchev–Trinajstić information content (AvgIpc) is 3.03. The smallest absolute Gasteiger partial charge is 0.00145 e. The normalized spacial score (nSPS) is 12.0. The van der Waals surface area contributed by atoms with E-state index in [2.05, 4.69) is 147 Å². The molecule has 5 aromatic carbocycles. The number of aryl methyl sites for hydroxylation is 2. The van der Waals surface area contributed by atoms with Crippen molar-refractivity contribution in [2.75, 3.05) is 0 Å². The van der Waals surface area contributed by atoms with E-state index < -0.39 is 0 Å². The molecule has 0 spiro atoms. The van der Waals surface area contributed by atoms with Crippen molar-refractivity contribution in [3.63, 3.8) is 0 Å². The fraction of sp³-hybridized carbons (Fsp3) is 0.378. The molecule has 0 unspecified atom stereocenters. The van der Waals surface area contributed by atoms with Gasteiger partial charge in [0.15, 0.2) is 0 Å². The first-order chi connectivity index (χ1) is 21.6. The lowest BCUT2D eigenvalue weighted by molar-refractivity contribution is 0.583. The van der Waals surface area contributed by atoms with Gasteiger partial charge in [-0.05, 0) is 121 Å². The van der Waals surface area contributed by atoms with Crippen LogP contribution in [0.15, 0.2) is 84.9 Å². The van der Waals surface area contributed by atoms with Crippen LogP contribution in [0.2, 0.25) is 0 Å². The topological polar surface area (TPSA) is 0 Å². The third-order valence-corrected chi connectivity index (χ3v) is 9.69. The molecule has 0 amide bonds. The van der Waals surface area contributed by atoms with E-state index in [4.69, 9.17) is 0 Å². The zero-order chi connectivity index (χ0) is 32.3. The third-order valence-electron chi connectivity index (χ3n) is 9.69. The van der Waals surface area contributed by atoms with Gasteiger partial charge < -0.3 is 0 Å². The van der Waals surface area contributed by atoms with Gasteiger partial charge in [0.2, 0.25) is 0 Å². The summed E-state index contributed by atoms with van der Waals surface area (Å²) in [5.41, 5.74) is 17.4. The van der Waals surface area contributed by atoms with Crippen molar-refractivity contribution in [1.29, 1.82) is 0 Å². The second kappa shape index (κ2) is 13.8. The van der Waals surface area contributed by atoms with Crippen molar-refractivity contribution in [2.45, 2.75) is 112 Å². The zero-order valence-electron chi connectivity index (χ0n) is 29.4. The van der Waals surface area contributed by atoms with Crippen LogP contribution in [-0.4, -0.2) is 0 Å². The largest absolute Gasteiger partial charge is 0.0654 e. The number of unbranched alkanes of at least 4 members (excludes halogenated alkanes) is 1. The maximum atomic E-state index is 2.44. The maximum absolute atomic E-state index is 2.44. The molecule has 0 N–H and O–H groups in total. The minimum absolute atomic E-state index is 0.0462. The predicted molar refractivity (Wildman–Crippen MR) is 200 cm³/mol. The Balaban J connectivity index is 2.19. The SMILES string of the molecule is CCCCc1c(C(C)(C)C)c(-c2ccccc2)c(-c2ccccc2-c2ccccc2)c2c(C)c(CC)c(CCC)c(C(C)C)c12. The maximum Gasteiger partial charge on any atom is -0.00145 e. The minimum atomic E-state index is -0.0462. The molecule has 0 atom stereocenters. The van der Waals surface area contributed by atoms with Gasteiger partial charge >= 0.3 is 0 Å². The lowest BCUT2D eigenvalue weighted by atomic mass is 9.69. The first-order valence-corrected chi connectivity index (χ1v) is 17.5. The van der Waals surface area contributed by atoms with Crippen molar-refractivity contribution < 1.29 is 0 Å². The van der Waals surface area contributed by atoms with Crippen molar-refractivity contribution in [3.8, 4) is 33.4 Å². The molecule has 0 heteroatoms. The zero-order valence-corrected chi connectivity index (χ0v) is 29.4. The summed E-state index contributed by atoms with van der Waals surface area (Å²) in [5, 5.41) is 3.04. The molecule has 0 radical (unpaired) electrons. The first-order valence-electron chi connectivity index (χ1n) is 17.5. The number of benzene rings is 5. The van der Waals surface area contributed by atoms with Crippen LogP contribution in [0.25, 0.3) is 44.2 Å². The van der Waals surface area contributed by atoms with Crippen LogP contribution in [0.1, 0.15) is 114 Å². The Hall–Kier alpha value is -3.64. The fourth-order valence-corrected chi connectivity index (χ4v) is 7.98. The molecule has 0 aliphatic rings. The summed E-state index contributed by atoms with van der Waals surface area (Å²) in [6.07, 6.45) is 6.86. The highest BCUT2D eigenvalue weighted by Crippen LogP contribution is 2.53. The van der Waals surface area contributed by atoms with E-state index in [1.807, 2.05) is 0 Å². The van der Waals surface area contributed by atoms with E-state index in [0.29, 0.717) is 5.92 Å². The molecule has 234 valence electrons. The van der Waals surface area contributed by atoms with E-state index in [0.717, 1.165) is 19.3 Å². The monoisotopic (exact) mass is 594 g/mol. The average molecular weight is 595 g/mol. The van der Waals surface area contributed by atoms with Crippen LogP contribution in [0.5, 0.6) is 0 Å². The second-order valence-electron chi connectivity index (χ2n) is 14.2. The summed E-state index contributed by atoms with van der Waals surface area (Å²) >= 11 is 0. The molecule has 0 saturated carbocycles. The van der Waals surface area contributed by atoms with Gasteiger partial charge in [0.25, 0.3) is 0 Å². The summed E-state index contributed by atoms with van der Waals surface area (Å²) in [5.74, 6) is 0.438. The van der Waals surface area contributed by atoms with Gasteiger partial charge in [-0.1, -0.05) is 153 Å². The number of hydrogen-bond donors (Lipinski definition) is 0. The van der Waals surface area contributed by atoms with E-state index in [1.165, 1.54) is 69.2 Å². The van der Waals surface area contributed by atoms with Crippen molar-refractivity contribution in [1.82, 2.24) is 0 Å². The molecule has 0 nitrogen and oxygen atoms in total. The molecular weight excluding hydrogens is 540 g/mol. The van der Waals surface area contributed by atoms with Crippen molar-refractivity contribution >= 4 is 10.8 Å². The van der Waals surface area contributed by atoms with E-state index in [9.17, 15) is 0 Å². The van der Waals surface area contributed by atoms with Gasteiger partial charge in [0.05, 0.1) is 0 Å². The number of hydrogen-bond acceptors (Lipinski definition) is 0. The Morgan fingerprint density at radius 3 is 1.69 bits per heavy atom. The van der Waals surface area contributed by atoms with Crippen LogP contribution < -0.4 is 0 Å². The summed E-state index contributed by atoms with van der Waals surface area (Å²) in [4.78, 5) is 0. The summed E-state index contributed by atoms with van der Waals surface area (Å²) in [7, 11) is 0. The number of rotatable bonds is 10. The summed E-state index contributed by atoms with van der Waals surface area (Å²) in [6, 6.07) is 31.5. The Morgan fingerprint density at radius 2 is 1.16 bits per heavy atom. The second-order valence-corrected chi connectivity index (χ2v) is 14.2. The molecule has 0 aliphatic heterocycles. The molecule has 0 bridgehead atoms. The molecule has 5 aromatic rings. The molecule has 0 heterocycles. The van der Waals surface area contributed by atoms with E-state index >= 15 is 0 Å². The van der Waals surface area contributed by atoms with Crippen LogP contribution in [0, 0.1) is 6.92 Å². The van der Waals surface area contributed by atoms with E-state index in [-0.39, 0.29) is 5.41 Å². The van der Waals surface area contributed by atoms with Gasteiger partial charge in [0, 0.05) is 0 Å². The van der Waals surface area contributed by atoms with Crippen LogP contribution in [0.3, 0.4) is 0 Å². The molecule has 0 aromatic heterocycles. The molecule has 5 rings (SSSR count). The highest BCUT2D eigenvalue weighted by Gasteiger charge is 2.32. The molecule has 0 aliphatic carbocycles. The highest BCUT2D eigenvalue weighted by atomic mass is 14.4. The van der Waals surface area contributed by atoms with E-state index in [1.54, 1.807) is 27.6 Å². The molecular formula is C45H54. The Labute approximate surface area is 273 Å². The number of fused-ring (bicyclic) bond motifs is 1. The fourth-order valence-electron chi connectivity index (χ4n) is 7.98. The van der Waals surface area contributed by atoms with Crippen LogP contribution >= 0.6 is 0 Å². The van der Waals surface area contributed by atoms with Gasteiger partial charge in [0.1, 0.15) is 0 Å². The highest BCUT2D eigenvalue weighted by molar-refractivity contribution is 6.13. The summed E-state index contributed by atoms with van der Waals surface area (Å²) < 4.78 is 0. The summed E-state index contributed by atoms with van der Waals surface area (Å²) in [6.45, 7) is 21.7.